The number of hydrogen-bond donors (Lipinski definition) is 1. The molecule has 0 radical (unpaired) electrons. The average Bonchev–Trinajstić information content (AvgIpc) is 3.45. The molecule has 4 rings (SSSR count). The zero-order valence-electron chi connectivity index (χ0n) is 19.7. The summed E-state index contributed by atoms with van der Waals surface area (Å²) >= 11 is 1.62. The lowest BCUT2D eigenvalue weighted by Crippen LogP contribution is -2.27. The number of carbonyl (C=O) groups excluding carboxylic acids is 1. The Morgan fingerprint density at radius 1 is 1.18 bits per heavy atom. The molecule has 1 amide bonds. The third-order valence-electron chi connectivity index (χ3n) is 6.47. The third-order valence-corrected chi connectivity index (χ3v) is 7.36. The molecule has 0 unspecified atom stereocenters. The predicted octanol–water partition coefficient (Wildman–Crippen LogP) is 5.55. The molecule has 1 aromatic carbocycles. The minimum atomic E-state index is -0.0567. The molecule has 1 aliphatic rings. The van der Waals surface area contributed by atoms with Crippen LogP contribution in [0.1, 0.15) is 48.2 Å². The molecule has 1 fully saturated rings. The first-order chi connectivity index (χ1) is 16.1. The molecule has 33 heavy (non-hydrogen) atoms. The number of rotatable bonds is 9. The summed E-state index contributed by atoms with van der Waals surface area (Å²) in [6.45, 7) is 3.98. The first kappa shape index (κ1) is 23.5. The number of nitrogens with one attached hydrogen (secondary N) is 1. The van der Waals surface area contributed by atoms with Crippen LogP contribution in [0.15, 0.2) is 35.7 Å². The molecular weight excluding hydrogens is 434 g/mol. The van der Waals surface area contributed by atoms with E-state index in [4.69, 9.17) is 14.5 Å². The van der Waals surface area contributed by atoms with Gasteiger partial charge in [-0.15, -0.1) is 11.3 Å². The molecule has 1 saturated carbocycles. The number of nitrogens with zero attached hydrogens (tertiary/aromatic N) is 2. The van der Waals surface area contributed by atoms with Crippen LogP contribution in [-0.2, 0) is 11.3 Å². The van der Waals surface area contributed by atoms with Gasteiger partial charge in [0.2, 0.25) is 0 Å². The minimum Gasteiger partial charge on any atom is -0.497 e. The number of thiazole rings is 1. The van der Waals surface area contributed by atoms with E-state index in [0.29, 0.717) is 19.1 Å². The number of benzene rings is 1. The van der Waals surface area contributed by atoms with Crippen molar-refractivity contribution in [3.63, 3.8) is 0 Å². The Balaban J connectivity index is 1.65. The summed E-state index contributed by atoms with van der Waals surface area (Å²) in [5.74, 6) is 1.42. The topological polar surface area (TPSA) is 65.4 Å². The van der Waals surface area contributed by atoms with E-state index in [1.54, 1.807) is 25.6 Å². The van der Waals surface area contributed by atoms with Crippen LogP contribution in [0.2, 0.25) is 0 Å². The van der Waals surface area contributed by atoms with Gasteiger partial charge in [-0.25, -0.2) is 4.98 Å². The number of carbonyl (C=O) groups is 1. The van der Waals surface area contributed by atoms with Gasteiger partial charge < -0.3 is 19.4 Å². The van der Waals surface area contributed by atoms with Gasteiger partial charge in [-0.1, -0.05) is 19.3 Å². The van der Waals surface area contributed by atoms with Gasteiger partial charge in [0, 0.05) is 36.8 Å². The summed E-state index contributed by atoms with van der Waals surface area (Å²) in [7, 11) is 3.31. The quantitative estimate of drug-likeness (QED) is 0.419. The summed E-state index contributed by atoms with van der Waals surface area (Å²) < 4.78 is 12.7. The predicted molar refractivity (Wildman–Crippen MR) is 133 cm³/mol. The van der Waals surface area contributed by atoms with Crippen LogP contribution >= 0.6 is 11.3 Å². The van der Waals surface area contributed by atoms with Gasteiger partial charge in [0.15, 0.2) is 0 Å². The van der Waals surface area contributed by atoms with Gasteiger partial charge in [0.05, 0.1) is 30.7 Å². The summed E-state index contributed by atoms with van der Waals surface area (Å²) in [4.78, 5) is 17.9. The van der Waals surface area contributed by atoms with Crippen molar-refractivity contribution < 1.29 is 14.3 Å². The van der Waals surface area contributed by atoms with Crippen molar-refractivity contribution >= 4 is 17.2 Å². The molecule has 0 atom stereocenters. The molecule has 2 aromatic heterocycles. The molecule has 3 aromatic rings. The molecule has 176 valence electrons. The van der Waals surface area contributed by atoms with E-state index in [1.165, 1.54) is 32.1 Å². The fraction of sp³-hybridized carbons (Fsp3) is 0.462. The van der Waals surface area contributed by atoms with E-state index in [-0.39, 0.29) is 5.91 Å². The fourth-order valence-corrected chi connectivity index (χ4v) is 5.39. The highest BCUT2D eigenvalue weighted by molar-refractivity contribution is 7.13. The maximum atomic E-state index is 12.9. The SMILES string of the molecule is COCCNC(=O)c1cc(-c2csc(-c3ccc(OC)cc3)n2)n(CC2CCCCC2)c1C. The highest BCUT2D eigenvalue weighted by Gasteiger charge is 2.23. The van der Waals surface area contributed by atoms with Gasteiger partial charge in [-0.3, -0.25) is 4.79 Å². The standard InChI is InChI=1S/C26H33N3O3S/c1-18-22(25(30)27-13-14-31-2)15-24(29(18)16-19-7-5-4-6-8-19)23-17-33-26(28-23)20-9-11-21(32-3)12-10-20/h9-12,15,17,19H,4-8,13-14,16H2,1-3H3,(H,27,30). The van der Waals surface area contributed by atoms with Gasteiger partial charge in [-0.05, 0) is 56.0 Å². The largest absolute Gasteiger partial charge is 0.497 e. The van der Waals surface area contributed by atoms with E-state index in [0.717, 1.165) is 45.5 Å². The Bertz CT molecular complexity index is 1070. The second-order valence-corrected chi connectivity index (χ2v) is 9.52. The van der Waals surface area contributed by atoms with E-state index >= 15 is 0 Å². The second kappa shape index (κ2) is 11.0. The van der Waals surface area contributed by atoms with Crippen LogP contribution in [0.3, 0.4) is 0 Å². The minimum absolute atomic E-state index is 0.0567. The second-order valence-electron chi connectivity index (χ2n) is 8.66. The van der Waals surface area contributed by atoms with Gasteiger partial charge in [-0.2, -0.15) is 0 Å². The Morgan fingerprint density at radius 3 is 2.64 bits per heavy atom. The number of ether oxygens (including phenoxy) is 2. The zero-order chi connectivity index (χ0) is 23.2. The number of hydrogen-bond acceptors (Lipinski definition) is 5. The molecule has 6 nitrogen and oxygen atoms in total. The van der Waals surface area contributed by atoms with Gasteiger partial charge >= 0.3 is 0 Å². The lowest BCUT2D eigenvalue weighted by atomic mass is 9.89. The summed E-state index contributed by atoms with van der Waals surface area (Å²) in [6, 6.07) is 9.97. The van der Waals surface area contributed by atoms with Crippen molar-refractivity contribution in [2.24, 2.45) is 5.92 Å². The molecule has 2 heterocycles. The summed E-state index contributed by atoms with van der Waals surface area (Å²) in [5, 5.41) is 6.03. The zero-order valence-corrected chi connectivity index (χ0v) is 20.5. The molecule has 0 spiro atoms. The van der Waals surface area contributed by atoms with Crippen molar-refractivity contribution in [1.29, 1.82) is 0 Å². The molecule has 0 saturated heterocycles. The normalized spacial score (nSPS) is 14.4. The fourth-order valence-electron chi connectivity index (χ4n) is 4.57. The first-order valence-electron chi connectivity index (χ1n) is 11.7. The number of aromatic nitrogens is 2. The molecule has 0 bridgehead atoms. The van der Waals surface area contributed by atoms with E-state index < -0.39 is 0 Å². The lowest BCUT2D eigenvalue weighted by molar-refractivity contribution is 0.0936. The molecule has 0 aliphatic heterocycles. The van der Waals surface area contributed by atoms with Crippen molar-refractivity contribution in [2.75, 3.05) is 27.4 Å². The lowest BCUT2D eigenvalue weighted by Gasteiger charge is -2.24. The Morgan fingerprint density at radius 2 is 1.94 bits per heavy atom. The van der Waals surface area contributed by atoms with Crippen molar-refractivity contribution in [1.82, 2.24) is 14.9 Å². The van der Waals surface area contributed by atoms with Crippen molar-refractivity contribution in [3.05, 3.63) is 47.0 Å². The van der Waals surface area contributed by atoms with Crippen molar-refractivity contribution in [3.8, 4) is 27.7 Å². The Labute approximate surface area is 200 Å². The maximum Gasteiger partial charge on any atom is 0.253 e. The first-order valence-corrected chi connectivity index (χ1v) is 12.6. The molecule has 1 N–H and O–H groups in total. The number of amides is 1. The van der Waals surface area contributed by atoms with Crippen LogP contribution in [0.25, 0.3) is 22.0 Å². The highest BCUT2D eigenvalue weighted by atomic mass is 32.1. The third kappa shape index (κ3) is 5.47. The highest BCUT2D eigenvalue weighted by Crippen LogP contribution is 2.34. The molecule has 1 aliphatic carbocycles. The van der Waals surface area contributed by atoms with Gasteiger partial charge in [0.25, 0.3) is 5.91 Å². The van der Waals surface area contributed by atoms with Crippen molar-refractivity contribution in [2.45, 2.75) is 45.6 Å². The van der Waals surface area contributed by atoms with Crippen LogP contribution < -0.4 is 10.1 Å². The van der Waals surface area contributed by atoms with E-state index in [1.807, 2.05) is 37.3 Å². The van der Waals surface area contributed by atoms with Crippen LogP contribution in [0.4, 0.5) is 0 Å². The monoisotopic (exact) mass is 467 g/mol. The summed E-state index contributed by atoms with van der Waals surface area (Å²) in [5.41, 5.74) is 4.72. The Hall–Kier alpha value is -2.64. The van der Waals surface area contributed by atoms with Crippen LogP contribution in [-0.4, -0.2) is 42.8 Å². The molecular formula is C26H33N3O3S. The summed E-state index contributed by atoms with van der Waals surface area (Å²) in [6.07, 6.45) is 6.42. The van der Waals surface area contributed by atoms with Crippen LogP contribution in [0, 0.1) is 12.8 Å². The molecule has 7 heteroatoms. The maximum absolute atomic E-state index is 12.9. The van der Waals surface area contributed by atoms with Crippen LogP contribution in [0.5, 0.6) is 5.75 Å². The smallest absolute Gasteiger partial charge is 0.253 e. The van der Waals surface area contributed by atoms with Gasteiger partial charge in [0.1, 0.15) is 10.8 Å². The van der Waals surface area contributed by atoms with E-state index in [9.17, 15) is 4.79 Å². The van der Waals surface area contributed by atoms with E-state index in [2.05, 4.69) is 15.3 Å². The Kier molecular flexibility index (Phi) is 7.83. The average molecular weight is 468 g/mol. The number of methoxy groups -OCH3 is 2.